The smallest absolute Gasteiger partial charge is 0.325 e. The lowest BCUT2D eigenvalue weighted by atomic mass is 9.95. The van der Waals surface area contributed by atoms with E-state index in [4.69, 9.17) is 9.72 Å². The number of carboxylic acid groups (broad SMARTS) is 1. The summed E-state index contributed by atoms with van der Waals surface area (Å²) in [6, 6.07) is 7.34. The fourth-order valence-electron chi connectivity index (χ4n) is 6.03. The Morgan fingerprint density at radius 1 is 1.28 bits per heavy atom. The van der Waals surface area contributed by atoms with Crippen LogP contribution in [0.25, 0.3) is 0 Å². The fraction of sp³-hybridized carbons (Fsp3) is 0.613. The molecule has 0 aliphatic carbocycles. The Hall–Kier alpha value is -2.71. The van der Waals surface area contributed by atoms with E-state index >= 15 is 0 Å². The van der Waals surface area contributed by atoms with E-state index in [0.717, 1.165) is 62.1 Å². The van der Waals surface area contributed by atoms with Crippen LogP contribution in [-0.4, -0.2) is 71.7 Å². The van der Waals surface area contributed by atoms with Crippen molar-refractivity contribution in [3.8, 4) is 5.75 Å². The maximum Gasteiger partial charge on any atom is 0.325 e. The Morgan fingerprint density at radius 2 is 2.08 bits per heavy atom. The summed E-state index contributed by atoms with van der Waals surface area (Å²) in [5, 5.41) is 13.6. The average molecular weight is 541 g/mol. The highest BCUT2D eigenvalue weighted by Gasteiger charge is 2.38. The van der Waals surface area contributed by atoms with Crippen LogP contribution in [-0.2, 0) is 17.6 Å². The number of methoxy groups -OCH3 is 1. The molecule has 4 rings (SSSR count). The number of ether oxygens (including phenoxy) is 1. The van der Waals surface area contributed by atoms with Crippen molar-refractivity contribution in [1.82, 2.24) is 14.8 Å². The molecule has 2 aliphatic rings. The largest absolute Gasteiger partial charge is 0.493 e. The van der Waals surface area contributed by atoms with Crippen molar-refractivity contribution in [3.63, 3.8) is 0 Å². The highest BCUT2D eigenvalue weighted by atomic mass is 19.1. The monoisotopic (exact) mass is 540 g/mol. The van der Waals surface area contributed by atoms with Gasteiger partial charge in [0.05, 0.1) is 7.11 Å². The summed E-state index contributed by atoms with van der Waals surface area (Å²) in [6.07, 6.45) is 7.44. The molecule has 0 amide bonds. The van der Waals surface area contributed by atoms with Gasteiger partial charge in [0.1, 0.15) is 11.9 Å². The van der Waals surface area contributed by atoms with E-state index in [1.165, 1.54) is 25.2 Å². The Balaban J connectivity index is 1.33. The molecule has 2 aromatic rings. The fourth-order valence-corrected chi connectivity index (χ4v) is 6.03. The molecular weight excluding hydrogens is 495 g/mol. The van der Waals surface area contributed by atoms with Gasteiger partial charge < -0.3 is 15.2 Å². The molecule has 3 heterocycles. The second-order valence-electron chi connectivity index (χ2n) is 11.6. The number of aromatic nitrogens is 1. The predicted octanol–water partition coefficient (Wildman–Crippen LogP) is 5.64. The highest BCUT2D eigenvalue weighted by Crippen LogP contribution is 2.37. The lowest BCUT2D eigenvalue weighted by Gasteiger charge is -2.32. The maximum atomic E-state index is 14.9. The van der Waals surface area contributed by atoms with E-state index in [-0.39, 0.29) is 17.7 Å². The van der Waals surface area contributed by atoms with Crippen LogP contribution in [0, 0.1) is 5.82 Å². The maximum absolute atomic E-state index is 14.9. The van der Waals surface area contributed by atoms with Crippen molar-refractivity contribution in [3.05, 3.63) is 52.5 Å². The molecule has 1 saturated heterocycles. The molecule has 1 aromatic heterocycles. The van der Waals surface area contributed by atoms with Crippen LogP contribution in [0.2, 0.25) is 0 Å². The molecule has 2 N–H and O–H groups in total. The molecule has 8 heteroatoms. The van der Waals surface area contributed by atoms with Crippen LogP contribution in [0.3, 0.4) is 0 Å². The quantitative estimate of drug-likeness (QED) is 0.337. The van der Waals surface area contributed by atoms with E-state index in [1.54, 1.807) is 6.07 Å². The number of rotatable bonds is 12. The molecule has 39 heavy (non-hydrogen) atoms. The van der Waals surface area contributed by atoms with Gasteiger partial charge >= 0.3 is 5.97 Å². The number of benzene rings is 1. The van der Waals surface area contributed by atoms with E-state index in [1.807, 2.05) is 18.7 Å². The standard InChI is InChI=1S/C31H45FN4O3/c1-20(2)23-17-26(29(39-5)27(32)18-23)28(31(37)38)36-16-14-25(19-36)35(4)21(3)9-6-7-11-24-13-12-22-10-8-15-33-30(22)34-24/h12-13,17-18,20-21,25,28H,6-11,14-16,19H2,1-5H3,(H,33,34)(H,37,38)/t21-,25+,28-/m0/s1. The first-order valence-electron chi connectivity index (χ1n) is 14.5. The zero-order valence-corrected chi connectivity index (χ0v) is 24.2. The van der Waals surface area contributed by atoms with Crippen LogP contribution >= 0.6 is 0 Å². The number of carboxylic acids is 1. The lowest BCUT2D eigenvalue weighted by Crippen LogP contribution is -2.41. The molecular formula is C31H45FN4O3. The van der Waals surface area contributed by atoms with Crippen molar-refractivity contribution < 1.29 is 19.0 Å². The molecule has 214 valence electrons. The van der Waals surface area contributed by atoms with Gasteiger partial charge in [0.15, 0.2) is 11.6 Å². The van der Waals surface area contributed by atoms with Crippen LogP contribution < -0.4 is 10.1 Å². The van der Waals surface area contributed by atoms with Crippen molar-refractivity contribution in [2.24, 2.45) is 0 Å². The first-order chi connectivity index (χ1) is 18.7. The number of anilines is 1. The number of likely N-dealkylation sites (tertiary alicyclic amines) is 1. The molecule has 0 saturated carbocycles. The summed E-state index contributed by atoms with van der Waals surface area (Å²) in [5.74, 6) is -0.310. The number of likely N-dealkylation sites (N-methyl/N-ethyl adjacent to an activating group) is 1. The van der Waals surface area contributed by atoms with E-state index < -0.39 is 17.8 Å². The summed E-state index contributed by atoms with van der Waals surface area (Å²) >= 11 is 0. The minimum Gasteiger partial charge on any atom is -0.493 e. The second-order valence-corrected chi connectivity index (χ2v) is 11.6. The molecule has 0 unspecified atom stereocenters. The van der Waals surface area contributed by atoms with Gasteiger partial charge in [0, 0.05) is 43.0 Å². The van der Waals surface area contributed by atoms with Gasteiger partial charge in [-0.3, -0.25) is 14.6 Å². The third-order valence-electron chi connectivity index (χ3n) is 8.58. The summed E-state index contributed by atoms with van der Waals surface area (Å²) in [4.78, 5) is 21.7. The third kappa shape index (κ3) is 6.90. The number of fused-ring (bicyclic) bond motifs is 1. The van der Waals surface area contributed by atoms with Gasteiger partial charge in [0.2, 0.25) is 0 Å². The van der Waals surface area contributed by atoms with Crippen molar-refractivity contribution in [2.75, 3.05) is 39.1 Å². The third-order valence-corrected chi connectivity index (χ3v) is 8.58. The van der Waals surface area contributed by atoms with Gasteiger partial charge in [-0.25, -0.2) is 9.37 Å². The number of pyridine rings is 1. The van der Waals surface area contributed by atoms with Crippen LogP contribution in [0.15, 0.2) is 24.3 Å². The minimum atomic E-state index is -0.976. The van der Waals surface area contributed by atoms with Gasteiger partial charge in [-0.15, -0.1) is 0 Å². The minimum absolute atomic E-state index is 0.0289. The molecule has 1 fully saturated rings. The number of nitrogens with zero attached hydrogens (tertiary/aromatic N) is 3. The van der Waals surface area contributed by atoms with Crippen LogP contribution in [0.4, 0.5) is 10.2 Å². The Labute approximate surface area is 232 Å². The second kappa shape index (κ2) is 13.1. The summed E-state index contributed by atoms with van der Waals surface area (Å²) in [6.45, 7) is 8.48. The number of aliphatic carboxylic acids is 1. The highest BCUT2D eigenvalue weighted by molar-refractivity contribution is 5.77. The first-order valence-corrected chi connectivity index (χ1v) is 14.5. The number of halogens is 1. The number of hydrogen-bond acceptors (Lipinski definition) is 6. The van der Waals surface area contributed by atoms with Crippen molar-refractivity contribution >= 4 is 11.8 Å². The van der Waals surface area contributed by atoms with Gasteiger partial charge in [0.25, 0.3) is 0 Å². The van der Waals surface area contributed by atoms with Gasteiger partial charge in [-0.1, -0.05) is 26.3 Å². The van der Waals surface area contributed by atoms with E-state index in [2.05, 4.69) is 36.3 Å². The van der Waals surface area contributed by atoms with Gasteiger partial charge in [-0.2, -0.15) is 0 Å². The Kier molecular flexibility index (Phi) is 9.83. The molecule has 0 radical (unpaired) electrons. The number of nitrogens with one attached hydrogen (secondary N) is 1. The summed E-state index contributed by atoms with van der Waals surface area (Å²) in [5.41, 5.74) is 3.66. The van der Waals surface area contributed by atoms with Crippen LogP contribution in [0.5, 0.6) is 5.75 Å². The normalized spacial score (nSPS) is 19.1. The molecule has 1 aromatic carbocycles. The van der Waals surface area contributed by atoms with E-state index in [9.17, 15) is 14.3 Å². The van der Waals surface area contributed by atoms with Crippen LogP contribution in [0.1, 0.15) is 87.2 Å². The van der Waals surface area contributed by atoms with Gasteiger partial charge in [-0.05, 0) is 87.7 Å². The lowest BCUT2D eigenvalue weighted by molar-refractivity contribution is -0.143. The predicted molar refractivity (Wildman–Crippen MR) is 153 cm³/mol. The summed E-state index contributed by atoms with van der Waals surface area (Å²) in [7, 11) is 3.54. The summed E-state index contributed by atoms with van der Waals surface area (Å²) < 4.78 is 20.2. The molecule has 0 spiro atoms. The molecule has 0 bridgehead atoms. The number of aryl methyl sites for hydroxylation is 2. The first kappa shape index (κ1) is 29.3. The topological polar surface area (TPSA) is 77.9 Å². The molecule has 2 aliphatic heterocycles. The Bertz CT molecular complexity index is 1140. The Morgan fingerprint density at radius 3 is 2.79 bits per heavy atom. The molecule has 3 atom stereocenters. The van der Waals surface area contributed by atoms with Crippen molar-refractivity contribution in [1.29, 1.82) is 0 Å². The number of hydrogen-bond donors (Lipinski definition) is 2. The SMILES string of the molecule is COc1c(F)cc(C(C)C)cc1[C@@H](C(=O)O)N1CC[C@@H](N(C)[C@@H](C)CCCCc2ccc3c(n2)NCCC3)C1. The number of carbonyl (C=O) groups is 1. The average Bonchev–Trinajstić information content (AvgIpc) is 3.39. The molecule has 7 nitrogen and oxygen atoms in total. The van der Waals surface area contributed by atoms with Crippen molar-refractivity contribution in [2.45, 2.75) is 89.8 Å². The van der Waals surface area contributed by atoms with E-state index in [0.29, 0.717) is 24.7 Å². The zero-order valence-electron chi connectivity index (χ0n) is 24.2. The number of unbranched alkanes of at least 4 members (excludes halogenated alkanes) is 1. The zero-order chi connectivity index (χ0) is 28.1.